The highest BCUT2D eigenvalue weighted by Crippen LogP contribution is 1.98. The number of carbonyl (C=O) groups is 1. The van der Waals surface area contributed by atoms with Crippen LogP contribution in [-0.4, -0.2) is 36.0 Å². The van der Waals surface area contributed by atoms with Gasteiger partial charge in [-0.05, 0) is 6.42 Å². The summed E-state index contributed by atoms with van der Waals surface area (Å²) in [6, 6.07) is 0. The molecular weight excluding hydrogens is 216 g/mol. The fourth-order valence-electron chi connectivity index (χ4n) is 1.21. The molecule has 0 spiro atoms. The molecule has 84 valence electrons. The van der Waals surface area contributed by atoms with Gasteiger partial charge in [0.2, 0.25) is 0 Å². The Kier molecular flexibility index (Phi) is 4.02. The van der Waals surface area contributed by atoms with Gasteiger partial charge in [0.25, 0.3) is 0 Å². The van der Waals surface area contributed by atoms with Gasteiger partial charge in [-0.25, -0.2) is 8.42 Å². The highest BCUT2D eigenvalue weighted by Gasteiger charge is 2.09. The first-order valence-electron chi connectivity index (χ1n) is 4.75. The van der Waals surface area contributed by atoms with Crippen LogP contribution in [0.1, 0.15) is 23.7 Å². The van der Waals surface area contributed by atoms with Crippen LogP contribution in [0.5, 0.6) is 0 Å². The van der Waals surface area contributed by atoms with Crippen molar-refractivity contribution in [3.8, 4) is 0 Å². The zero-order valence-corrected chi connectivity index (χ0v) is 9.40. The van der Waals surface area contributed by atoms with Crippen LogP contribution in [0.25, 0.3) is 0 Å². The van der Waals surface area contributed by atoms with E-state index in [2.05, 4.69) is 5.10 Å². The maximum atomic E-state index is 11.4. The average Bonchev–Trinajstić information content (AvgIpc) is 2.62. The van der Waals surface area contributed by atoms with E-state index in [1.807, 2.05) is 6.92 Å². The molecule has 0 N–H and O–H groups in total. The van der Waals surface area contributed by atoms with E-state index in [0.717, 1.165) is 0 Å². The minimum atomic E-state index is -2.98. The number of hydrogen-bond donors (Lipinski definition) is 0. The summed E-state index contributed by atoms with van der Waals surface area (Å²) in [5, 5.41) is 3.87. The Balaban J connectivity index is 2.53. The molecule has 15 heavy (non-hydrogen) atoms. The zero-order valence-electron chi connectivity index (χ0n) is 8.59. The fraction of sp³-hybridized carbons (Fsp3) is 0.556. The maximum absolute atomic E-state index is 11.4. The topological polar surface area (TPSA) is 69.0 Å². The summed E-state index contributed by atoms with van der Waals surface area (Å²) in [4.78, 5) is 10.4. The summed E-state index contributed by atoms with van der Waals surface area (Å²) in [5.41, 5.74) is 0.461. The second-order valence-corrected chi connectivity index (χ2v) is 5.61. The van der Waals surface area contributed by atoms with Crippen molar-refractivity contribution >= 4 is 16.1 Å². The van der Waals surface area contributed by atoms with E-state index in [1.54, 1.807) is 0 Å². The van der Waals surface area contributed by atoms with E-state index < -0.39 is 9.84 Å². The van der Waals surface area contributed by atoms with Gasteiger partial charge in [-0.2, -0.15) is 5.10 Å². The summed E-state index contributed by atoms with van der Waals surface area (Å²) >= 11 is 0. The molecule has 6 heteroatoms. The van der Waals surface area contributed by atoms with Gasteiger partial charge in [-0.3, -0.25) is 9.48 Å². The van der Waals surface area contributed by atoms with Crippen LogP contribution >= 0.6 is 0 Å². The molecule has 1 aromatic heterocycles. The lowest BCUT2D eigenvalue weighted by atomic mass is 10.4. The zero-order chi connectivity index (χ0) is 11.3. The Labute approximate surface area is 89.0 Å². The molecule has 0 atom stereocenters. The first-order chi connectivity index (χ1) is 7.07. The van der Waals surface area contributed by atoms with Gasteiger partial charge in [0.15, 0.2) is 16.1 Å². The van der Waals surface area contributed by atoms with E-state index in [0.29, 0.717) is 24.8 Å². The van der Waals surface area contributed by atoms with E-state index in [4.69, 9.17) is 0 Å². The van der Waals surface area contributed by atoms with Crippen LogP contribution in [0.4, 0.5) is 0 Å². The minimum Gasteiger partial charge on any atom is -0.298 e. The average molecular weight is 230 g/mol. The van der Waals surface area contributed by atoms with Crippen LogP contribution in [0.3, 0.4) is 0 Å². The molecule has 0 aliphatic rings. The van der Waals surface area contributed by atoms with Crippen LogP contribution in [0.2, 0.25) is 0 Å². The lowest BCUT2D eigenvalue weighted by Gasteiger charge is -2.02. The van der Waals surface area contributed by atoms with Crippen molar-refractivity contribution in [2.45, 2.75) is 19.9 Å². The van der Waals surface area contributed by atoms with Crippen LogP contribution in [-0.2, 0) is 16.4 Å². The first-order valence-corrected chi connectivity index (χ1v) is 6.57. The van der Waals surface area contributed by atoms with E-state index >= 15 is 0 Å². The predicted molar refractivity (Wildman–Crippen MR) is 56.6 cm³/mol. The van der Waals surface area contributed by atoms with Crippen LogP contribution < -0.4 is 0 Å². The van der Waals surface area contributed by atoms with Gasteiger partial charge in [0.05, 0.1) is 24.1 Å². The molecule has 0 saturated heterocycles. The molecule has 0 fully saturated rings. The van der Waals surface area contributed by atoms with Crippen molar-refractivity contribution in [1.82, 2.24) is 9.78 Å². The molecule has 0 aromatic carbocycles. The van der Waals surface area contributed by atoms with Crippen LogP contribution in [0.15, 0.2) is 12.4 Å². The molecule has 1 rings (SSSR count). The lowest BCUT2D eigenvalue weighted by Crippen LogP contribution is -2.15. The molecule has 0 amide bonds. The van der Waals surface area contributed by atoms with Crippen molar-refractivity contribution in [2.75, 3.05) is 11.5 Å². The van der Waals surface area contributed by atoms with Gasteiger partial charge in [0, 0.05) is 11.9 Å². The number of aldehydes is 1. The minimum absolute atomic E-state index is 0.0703. The molecule has 1 aromatic rings. The molecule has 0 aliphatic heterocycles. The van der Waals surface area contributed by atoms with Gasteiger partial charge in [-0.1, -0.05) is 6.92 Å². The molecule has 0 unspecified atom stereocenters. The molecule has 1 heterocycles. The second kappa shape index (κ2) is 5.06. The number of hydrogen-bond acceptors (Lipinski definition) is 4. The van der Waals surface area contributed by atoms with Crippen LogP contribution in [0, 0.1) is 0 Å². The first kappa shape index (κ1) is 11.9. The molecular formula is C9H14N2O3S. The van der Waals surface area contributed by atoms with Crippen molar-refractivity contribution in [3.63, 3.8) is 0 Å². The number of sulfone groups is 1. The number of carbonyl (C=O) groups excluding carboxylic acids is 1. The Bertz CT molecular complexity index is 422. The molecule has 0 radical (unpaired) electrons. The third-order valence-electron chi connectivity index (χ3n) is 1.94. The van der Waals surface area contributed by atoms with E-state index in [1.165, 1.54) is 17.1 Å². The predicted octanol–water partition coefficient (Wildman–Crippen LogP) is 0.520. The van der Waals surface area contributed by atoms with Crippen molar-refractivity contribution in [3.05, 3.63) is 18.0 Å². The Morgan fingerprint density at radius 1 is 1.47 bits per heavy atom. The molecule has 0 aliphatic carbocycles. The Morgan fingerprint density at radius 3 is 2.73 bits per heavy atom. The third-order valence-corrected chi connectivity index (χ3v) is 3.77. The highest BCUT2D eigenvalue weighted by molar-refractivity contribution is 7.91. The molecule has 0 bridgehead atoms. The lowest BCUT2D eigenvalue weighted by molar-refractivity contribution is 0.112. The number of aromatic nitrogens is 2. The van der Waals surface area contributed by atoms with Gasteiger partial charge in [-0.15, -0.1) is 0 Å². The normalized spacial score (nSPS) is 11.5. The number of aryl methyl sites for hydroxylation is 1. The summed E-state index contributed by atoms with van der Waals surface area (Å²) in [7, 11) is -2.98. The van der Waals surface area contributed by atoms with E-state index in [-0.39, 0.29) is 11.5 Å². The highest BCUT2D eigenvalue weighted by atomic mass is 32.2. The van der Waals surface area contributed by atoms with Crippen molar-refractivity contribution in [2.24, 2.45) is 0 Å². The summed E-state index contributed by atoms with van der Waals surface area (Å²) in [6.07, 6.45) is 4.26. The maximum Gasteiger partial charge on any atom is 0.153 e. The summed E-state index contributed by atoms with van der Waals surface area (Å²) in [6.45, 7) is 2.13. The SMILES string of the molecule is CCCS(=O)(=O)CCn1cc(C=O)cn1. The Morgan fingerprint density at radius 2 is 2.20 bits per heavy atom. The molecule has 5 nitrogen and oxygen atoms in total. The largest absolute Gasteiger partial charge is 0.298 e. The second-order valence-electron chi connectivity index (χ2n) is 3.31. The Hall–Kier alpha value is -1.17. The van der Waals surface area contributed by atoms with Gasteiger partial charge >= 0.3 is 0 Å². The standard InChI is InChI=1S/C9H14N2O3S/c1-2-4-15(13,14)5-3-11-7-9(8-12)6-10-11/h6-8H,2-5H2,1H3. The van der Waals surface area contributed by atoms with Gasteiger partial charge in [0.1, 0.15) is 0 Å². The van der Waals surface area contributed by atoms with Gasteiger partial charge < -0.3 is 0 Å². The van der Waals surface area contributed by atoms with E-state index in [9.17, 15) is 13.2 Å². The fourth-order valence-corrected chi connectivity index (χ4v) is 2.50. The van der Waals surface area contributed by atoms with Crippen molar-refractivity contribution in [1.29, 1.82) is 0 Å². The van der Waals surface area contributed by atoms with Crippen molar-refractivity contribution < 1.29 is 13.2 Å². The number of nitrogens with zero attached hydrogens (tertiary/aromatic N) is 2. The summed E-state index contributed by atoms with van der Waals surface area (Å²) in [5.74, 6) is 0.273. The monoisotopic (exact) mass is 230 g/mol. The quantitative estimate of drug-likeness (QED) is 0.668. The summed E-state index contributed by atoms with van der Waals surface area (Å²) < 4.78 is 24.2. The third kappa shape index (κ3) is 3.83. The molecule has 0 saturated carbocycles. The smallest absolute Gasteiger partial charge is 0.153 e. The number of rotatable bonds is 6.